The van der Waals surface area contributed by atoms with Crippen molar-refractivity contribution in [1.29, 1.82) is 0 Å². The summed E-state index contributed by atoms with van der Waals surface area (Å²) in [5.74, 6) is -1.49. The van der Waals surface area contributed by atoms with Gasteiger partial charge in [-0.25, -0.2) is 5.43 Å². The normalized spacial score (nSPS) is 11.6. The lowest BCUT2D eigenvalue weighted by molar-refractivity contribution is -0.139. The third kappa shape index (κ3) is 7.93. The van der Waals surface area contributed by atoms with E-state index in [1.807, 2.05) is 31.2 Å². The van der Waals surface area contributed by atoms with Gasteiger partial charge in [0.25, 0.3) is 5.91 Å². The lowest BCUT2D eigenvalue weighted by Crippen LogP contribution is -2.41. The minimum absolute atomic E-state index is 0.105. The Labute approximate surface area is 182 Å². The van der Waals surface area contributed by atoms with Crippen molar-refractivity contribution < 1.29 is 19.1 Å². The predicted molar refractivity (Wildman–Crippen MR) is 120 cm³/mol. The van der Waals surface area contributed by atoms with E-state index < -0.39 is 11.8 Å². The molecule has 2 aromatic rings. The monoisotopic (exact) mass is 424 g/mol. The zero-order valence-electron chi connectivity index (χ0n) is 18.0. The first-order valence-corrected chi connectivity index (χ1v) is 10.2. The molecule has 3 amide bonds. The number of carbonyl (C=O) groups is 3. The number of hydrogen-bond acceptors (Lipinski definition) is 5. The molecule has 0 spiro atoms. The van der Waals surface area contributed by atoms with Gasteiger partial charge in [0.15, 0.2) is 6.61 Å². The lowest BCUT2D eigenvalue weighted by Gasteiger charge is -2.10. The molecule has 2 rings (SSSR count). The molecule has 0 aliphatic rings. The Balaban J connectivity index is 1.89. The van der Waals surface area contributed by atoms with Crippen molar-refractivity contribution in [3.05, 3.63) is 59.7 Å². The Morgan fingerprint density at radius 2 is 1.74 bits per heavy atom. The highest BCUT2D eigenvalue weighted by Gasteiger charge is 2.14. The summed E-state index contributed by atoms with van der Waals surface area (Å²) in [6, 6.07) is 14.4. The molecule has 31 heavy (non-hydrogen) atoms. The molecule has 1 atom stereocenters. The number of ether oxygens (including phenoxy) is 1. The summed E-state index contributed by atoms with van der Waals surface area (Å²) in [4.78, 5) is 35.7. The topological polar surface area (TPSA) is 109 Å². The van der Waals surface area contributed by atoms with Crippen LogP contribution in [0, 0.1) is 0 Å². The Kier molecular flexibility index (Phi) is 9.22. The van der Waals surface area contributed by atoms with Gasteiger partial charge in [0.05, 0.1) is 6.21 Å². The van der Waals surface area contributed by atoms with Gasteiger partial charge < -0.3 is 15.4 Å². The molecule has 0 bridgehead atoms. The maximum absolute atomic E-state index is 12.2. The third-order valence-electron chi connectivity index (χ3n) is 4.49. The quantitative estimate of drug-likeness (QED) is 0.327. The van der Waals surface area contributed by atoms with Crippen LogP contribution < -0.4 is 20.8 Å². The van der Waals surface area contributed by atoms with E-state index in [9.17, 15) is 14.4 Å². The van der Waals surface area contributed by atoms with Gasteiger partial charge in [-0.3, -0.25) is 14.4 Å². The average molecular weight is 425 g/mol. The summed E-state index contributed by atoms with van der Waals surface area (Å²) in [5.41, 5.74) is 4.61. The highest BCUT2D eigenvalue weighted by atomic mass is 16.5. The van der Waals surface area contributed by atoms with Gasteiger partial charge in [-0.2, -0.15) is 5.10 Å². The summed E-state index contributed by atoms with van der Waals surface area (Å²) in [6.45, 7) is 5.58. The third-order valence-corrected chi connectivity index (χ3v) is 4.49. The molecule has 8 heteroatoms. The molecule has 8 nitrogen and oxygen atoms in total. The van der Waals surface area contributed by atoms with Crippen LogP contribution in [0.15, 0.2) is 53.6 Å². The molecule has 3 N–H and O–H groups in total. The highest BCUT2D eigenvalue weighted by molar-refractivity contribution is 6.35. The number of nitrogens with zero attached hydrogens (tertiary/aromatic N) is 1. The number of rotatable bonds is 9. The van der Waals surface area contributed by atoms with E-state index in [1.54, 1.807) is 31.2 Å². The first-order chi connectivity index (χ1) is 14.9. The molecule has 164 valence electrons. The van der Waals surface area contributed by atoms with E-state index in [0.717, 1.165) is 6.42 Å². The summed E-state index contributed by atoms with van der Waals surface area (Å²) in [7, 11) is 0. The van der Waals surface area contributed by atoms with E-state index in [0.29, 0.717) is 23.4 Å². The summed E-state index contributed by atoms with van der Waals surface area (Å²) < 4.78 is 5.59. The van der Waals surface area contributed by atoms with Crippen LogP contribution in [0.3, 0.4) is 0 Å². The second-order valence-electron chi connectivity index (χ2n) is 6.91. The maximum atomic E-state index is 12.2. The number of para-hydroxylation sites is 1. The largest absolute Gasteiger partial charge is 0.483 e. The predicted octanol–water partition coefficient (Wildman–Crippen LogP) is 2.63. The van der Waals surface area contributed by atoms with Crippen LogP contribution in [0.2, 0.25) is 0 Å². The van der Waals surface area contributed by atoms with Gasteiger partial charge in [0, 0.05) is 17.3 Å². The van der Waals surface area contributed by atoms with E-state index in [1.165, 1.54) is 11.8 Å². The van der Waals surface area contributed by atoms with Gasteiger partial charge in [-0.05, 0) is 49.6 Å². The molecule has 0 fully saturated rings. The highest BCUT2D eigenvalue weighted by Crippen LogP contribution is 2.16. The van der Waals surface area contributed by atoms with Crippen molar-refractivity contribution in [2.75, 3.05) is 11.9 Å². The van der Waals surface area contributed by atoms with Crippen molar-refractivity contribution in [2.45, 2.75) is 39.7 Å². The zero-order chi connectivity index (χ0) is 22.6. The van der Waals surface area contributed by atoms with Crippen LogP contribution in [0.5, 0.6) is 5.75 Å². The molecule has 0 saturated heterocycles. The second-order valence-corrected chi connectivity index (χ2v) is 6.91. The van der Waals surface area contributed by atoms with Gasteiger partial charge in [-0.1, -0.05) is 38.1 Å². The van der Waals surface area contributed by atoms with Gasteiger partial charge in [0.1, 0.15) is 5.75 Å². The maximum Gasteiger partial charge on any atom is 0.329 e. The molecule has 0 saturated carbocycles. The van der Waals surface area contributed by atoms with Crippen molar-refractivity contribution >= 4 is 29.6 Å². The van der Waals surface area contributed by atoms with Crippen LogP contribution in [0.25, 0.3) is 0 Å². The number of aryl methyl sites for hydroxylation is 1. The van der Waals surface area contributed by atoms with Gasteiger partial charge in [0.2, 0.25) is 0 Å². The molecular weight excluding hydrogens is 396 g/mol. The number of nitrogens with one attached hydrogen (secondary N) is 3. The minimum atomic E-state index is -0.858. The number of carbonyl (C=O) groups excluding carboxylic acids is 3. The Bertz CT molecular complexity index is 925. The van der Waals surface area contributed by atoms with Crippen LogP contribution in [-0.2, 0) is 20.8 Å². The Morgan fingerprint density at radius 1 is 1.03 bits per heavy atom. The summed E-state index contributed by atoms with van der Waals surface area (Å²) in [5, 5.41) is 9.13. The van der Waals surface area contributed by atoms with Crippen LogP contribution in [0.1, 0.15) is 38.3 Å². The van der Waals surface area contributed by atoms with Crippen molar-refractivity contribution in [1.82, 2.24) is 10.7 Å². The first kappa shape index (κ1) is 23.6. The minimum Gasteiger partial charge on any atom is -0.483 e. The van der Waals surface area contributed by atoms with Crippen LogP contribution >= 0.6 is 0 Å². The Morgan fingerprint density at radius 3 is 2.42 bits per heavy atom. The number of hydrogen-bond donors (Lipinski definition) is 3. The van der Waals surface area contributed by atoms with E-state index in [2.05, 4.69) is 28.1 Å². The molecule has 0 radical (unpaired) electrons. The number of amides is 3. The summed E-state index contributed by atoms with van der Waals surface area (Å²) in [6.07, 6.45) is 2.99. The fourth-order valence-electron chi connectivity index (χ4n) is 2.49. The number of anilines is 1. The molecule has 0 aliphatic carbocycles. The SMILES string of the molecule is CCc1ccc(NC(=O)COc2ccccc2/C=N\NC(=O)C(=O)N[C@H](C)CC)cc1. The number of hydrazone groups is 1. The second kappa shape index (κ2) is 12.1. The fraction of sp³-hybridized carbons (Fsp3) is 0.304. The molecule has 0 heterocycles. The van der Waals surface area contributed by atoms with E-state index >= 15 is 0 Å². The lowest BCUT2D eigenvalue weighted by atomic mass is 10.1. The molecule has 0 unspecified atom stereocenters. The van der Waals surface area contributed by atoms with Crippen LogP contribution in [-0.4, -0.2) is 36.6 Å². The molecule has 2 aromatic carbocycles. The smallest absolute Gasteiger partial charge is 0.329 e. The molecular formula is C23H28N4O4. The molecule has 0 aromatic heterocycles. The standard InChI is InChI=1S/C23H28N4O4/c1-4-16(3)25-22(29)23(30)27-24-14-18-8-6-7-9-20(18)31-15-21(28)26-19-12-10-17(5-2)11-13-19/h6-14,16H,4-5,15H2,1-3H3,(H,25,29)(H,26,28)(H,27,30)/b24-14-/t16-/m1/s1. The van der Waals surface area contributed by atoms with Gasteiger partial charge >= 0.3 is 11.8 Å². The van der Waals surface area contributed by atoms with E-state index in [-0.39, 0.29) is 18.6 Å². The first-order valence-electron chi connectivity index (χ1n) is 10.2. The zero-order valence-corrected chi connectivity index (χ0v) is 18.0. The molecule has 0 aliphatic heterocycles. The summed E-state index contributed by atoms with van der Waals surface area (Å²) >= 11 is 0. The number of benzene rings is 2. The van der Waals surface area contributed by atoms with E-state index in [4.69, 9.17) is 4.74 Å². The van der Waals surface area contributed by atoms with Crippen molar-refractivity contribution in [2.24, 2.45) is 5.10 Å². The van der Waals surface area contributed by atoms with Crippen LogP contribution in [0.4, 0.5) is 5.69 Å². The fourth-order valence-corrected chi connectivity index (χ4v) is 2.49. The van der Waals surface area contributed by atoms with Crippen molar-refractivity contribution in [3.8, 4) is 5.75 Å². The van der Waals surface area contributed by atoms with Gasteiger partial charge in [-0.15, -0.1) is 0 Å². The van der Waals surface area contributed by atoms with Crippen molar-refractivity contribution in [3.63, 3.8) is 0 Å². The average Bonchev–Trinajstić information content (AvgIpc) is 2.78. The Hall–Kier alpha value is -3.68.